The maximum absolute atomic E-state index is 13.2. The van der Waals surface area contributed by atoms with Crippen molar-refractivity contribution in [2.24, 2.45) is 7.05 Å². The van der Waals surface area contributed by atoms with Crippen molar-refractivity contribution < 1.29 is 9.50 Å². The minimum Gasteiger partial charge on any atom is -0.508 e. The zero-order chi connectivity index (χ0) is 13.8. The standard InChI is InChI=1S/C14H18FN3O/c1-10(12-9-11(15)3-4-13(12)19)16-6-5-14-17-7-8-18(14)2/h3-4,7-10,16,19H,5-6H2,1-2H3. The van der Waals surface area contributed by atoms with Crippen molar-refractivity contribution in [3.8, 4) is 5.75 Å². The number of aromatic hydroxyl groups is 1. The molecule has 0 spiro atoms. The highest BCUT2D eigenvalue weighted by Gasteiger charge is 2.11. The van der Waals surface area contributed by atoms with E-state index in [4.69, 9.17) is 0 Å². The number of benzene rings is 1. The number of rotatable bonds is 5. The molecule has 0 bridgehead atoms. The highest BCUT2D eigenvalue weighted by molar-refractivity contribution is 5.34. The molecule has 0 radical (unpaired) electrons. The van der Waals surface area contributed by atoms with Crippen LogP contribution in [0.25, 0.3) is 0 Å². The van der Waals surface area contributed by atoms with Gasteiger partial charge in [-0.1, -0.05) is 0 Å². The van der Waals surface area contributed by atoms with E-state index in [1.54, 1.807) is 6.20 Å². The molecule has 1 atom stereocenters. The molecule has 102 valence electrons. The molecule has 0 amide bonds. The molecular weight excluding hydrogens is 245 g/mol. The summed E-state index contributed by atoms with van der Waals surface area (Å²) < 4.78 is 15.1. The number of phenols is 1. The smallest absolute Gasteiger partial charge is 0.123 e. The Morgan fingerprint density at radius 2 is 2.26 bits per heavy atom. The Hall–Kier alpha value is -1.88. The Kier molecular flexibility index (Phi) is 4.16. The van der Waals surface area contributed by atoms with Gasteiger partial charge in [-0.05, 0) is 25.1 Å². The molecule has 0 aliphatic heterocycles. The third-order valence-electron chi connectivity index (χ3n) is 3.18. The van der Waals surface area contributed by atoms with E-state index in [1.165, 1.54) is 18.2 Å². The Balaban J connectivity index is 1.92. The lowest BCUT2D eigenvalue weighted by Crippen LogP contribution is -2.22. The summed E-state index contributed by atoms with van der Waals surface area (Å²) in [7, 11) is 1.95. The molecule has 1 aromatic carbocycles. The Morgan fingerprint density at radius 1 is 1.47 bits per heavy atom. The van der Waals surface area contributed by atoms with Gasteiger partial charge in [0.1, 0.15) is 17.4 Å². The van der Waals surface area contributed by atoms with Gasteiger partial charge in [0.2, 0.25) is 0 Å². The summed E-state index contributed by atoms with van der Waals surface area (Å²) in [4.78, 5) is 4.23. The lowest BCUT2D eigenvalue weighted by Gasteiger charge is -2.15. The number of hydrogen-bond donors (Lipinski definition) is 2. The topological polar surface area (TPSA) is 50.1 Å². The fourth-order valence-electron chi connectivity index (χ4n) is 2.02. The molecule has 0 saturated carbocycles. The quantitative estimate of drug-likeness (QED) is 0.869. The van der Waals surface area contributed by atoms with Gasteiger partial charge in [0.05, 0.1) is 0 Å². The lowest BCUT2D eigenvalue weighted by molar-refractivity contribution is 0.449. The van der Waals surface area contributed by atoms with Crippen LogP contribution < -0.4 is 5.32 Å². The number of aryl methyl sites for hydroxylation is 1. The van der Waals surface area contributed by atoms with Gasteiger partial charge in [-0.2, -0.15) is 0 Å². The highest BCUT2D eigenvalue weighted by atomic mass is 19.1. The monoisotopic (exact) mass is 263 g/mol. The Morgan fingerprint density at radius 3 is 2.95 bits per heavy atom. The predicted molar refractivity (Wildman–Crippen MR) is 71.4 cm³/mol. The van der Waals surface area contributed by atoms with Crippen molar-refractivity contribution in [1.82, 2.24) is 14.9 Å². The average Bonchev–Trinajstić information content (AvgIpc) is 2.78. The summed E-state index contributed by atoms with van der Waals surface area (Å²) in [5.41, 5.74) is 0.569. The van der Waals surface area contributed by atoms with E-state index in [-0.39, 0.29) is 17.6 Å². The fourth-order valence-corrected chi connectivity index (χ4v) is 2.02. The molecule has 1 unspecified atom stereocenters. The summed E-state index contributed by atoms with van der Waals surface area (Å²) in [6.07, 6.45) is 4.44. The number of phenolic OH excluding ortho intramolecular Hbond substituents is 1. The maximum atomic E-state index is 13.2. The second-order valence-electron chi connectivity index (χ2n) is 4.58. The van der Waals surface area contributed by atoms with Gasteiger partial charge in [-0.25, -0.2) is 9.37 Å². The summed E-state index contributed by atoms with van der Waals surface area (Å²) in [5, 5.41) is 13.0. The van der Waals surface area contributed by atoms with E-state index in [0.29, 0.717) is 12.1 Å². The number of nitrogens with zero attached hydrogens (tertiary/aromatic N) is 2. The summed E-state index contributed by atoms with van der Waals surface area (Å²) >= 11 is 0. The molecule has 0 aliphatic rings. The number of halogens is 1. The van der Waals surface area contributed by atoms with E-state index in [0.717, 1.165) is 12.2 Å². The first-order valence-electron chi connectivity index (χ1n) is 6.26. The molecule has 4 nitrogen and oxygen atoms in total. The first-order valence-corrected chi connectivity index (χ1v) is 6.26. The zero-order valence-corrected chi connectivity index (χ0v) is 11.1. The Labute approximate surface area is 111 Å². The van der Waals surface area contributed by atoms with Crippen molar-refractivity contribution in [3.63, 3.8) is 0 Å². The van der Waals surface area contributed by atoms with Gasteiger partial charge in [0.25, 0.3) is 0 Å². The Bertz CT molecular complexity index is 553. The van der Waals surface area contributed by atoms with Crippen LogP contribution in [-0.4, -0.2) is 21.2 Å². The largest absolute Gasteiger partial charge is 0.508 e. The predicted octanol–water partition coefficient (Wildman–Crippen LogP) is 2.16. The maximum Gasteiger partial charge on any atom is 0.123 e. The summed E-state index contributed by atoms with van der Waals surface area (Å²) in [6.45, 7) is 2.61. The molecule has 0 aliphatic carbocycles. The molecule has 2 aromatic rings. The minimum absolute atomic E-state index is 0.110. The van der Waals surface area contributed by atoms with Gasteiger partial charge < -0.3 is 15.0 Å². The van der Waals surface area contributed by atoms with Crippen LogP contribution in [0, 0.1) is 5.82 Å². The third-order valence-corrected chi connectivity index (χ3v) is 3.18. The van der Waals surface area contributed by atoms with Gasteiger partial charge in [0.15, 0.2) is 0 Å². The van der Waals surface area contributed by atoms with Crippen molar-refractivity contribution in [3.05, 3.63) is 47.8 Å². The van der Waals surface area contributed by atoms with E-state index in [1.807, 2.05) is 24.7 Å². The van der Waals surface area contributed by atoms with Crippen LogP contribution in [-0.2, 0) is 13.5 Å². The molecular formula is C14H18FN3O. The SMILES string of the molecule is CC(NCCc1nccn1C)c1cc(F)ccc1O. The van der Waals surface area contributed by atoms with Gasteiger partial charge >= 0.3 is 0 Å². The molecule has 0 saturated heterocycles. The fraction of sp³-hybridized carbons (Fsp3) is 0.357. The lowest BCUT2D eigenvalue weighted by atomic mass is 10.1. The second-order valence-corrected chi connectivity index (χ2v) is 4.58. The minimum atomic E-state index is -0.342. The van der Waals surface area contributed by atoms with Crippen LogP contribution in [0.15, 0.2) is 30.6 Å². The molecule has 5 heteroatoms. The molecule has 2 N–H and O–H groups in total. The highest BCUT2D eigenvalue weighted by Crippen LogP contribution is 2.24. The first-order chi connectivity index (χ1) is 9.08. The second kappa shape index (κ2) is 5.84. The van der Waals surface area contributed by atoms with Crippen LogP contribution in [0.1, 0.15) is 24.4 Å². The number of hydrogen-bond acceptors (Lipinski definition) is 3. The van der Waals surface area contributed by atoms with E-state index >= 15 is 0 Å². The van der Waals surface area contributed by atoms with Crippen molar-refractivity contribution >= 4 is 0 Å². The van der Waals surface area contributed by atoms with Crippen LogP contribution in [0.3, 0.4) is 0 Å². The normalized spacial score (nSPS) is 12.6. The summed E-state index contributed by atoms with van der Waals surface area (Å²) in [6, 6.07) is 3.87. The zero-order valence-electron chi connectivity index (χ0n) is 11.1. The van der Waals surface area contributed by atoms with Crippen molar-refractivity contribution in [2.75, 3.05) is 6.54 Å². The third kappa shape index (κ3) is 3.32. The first kappa shape index (κ1) is 13.5. The van der Waals surface area contributed by atoms with Crippen LogP contribution in [0.4, 0.5) is 4.39 Å². The molecule has 1 heterocycles. The van der Waals surface area contributed by atoms with Gasteiger partial charge in [-0.3, -0.25) is 0 Å². The summed E-state index contributed by atoms with van der Waals surface area (Å²) in [5.74, 6) is 0.757. The van der Waals surface area contributed by atoms with E-state index in [9.17, 15) is 9.50 Å². The van der Waals surface area contributed by atoms with Crippen molar-refractivity contribution in [1.29, 1.82) is 0 Å². The van der Waals surface area contributed by atoms with Crippen LogP contribution in [0.2, 0.25) is 0 Å². The molecule has 2 rings (SSSR count). The van der Waals surface area contributed by atoms with E-state index < -0.39 is 0 Å². The number of nitrogens with one attached hydrogen (secondary N) is 1. The average molecular weight is 263 g/mol. The molecule has 1 aromatic heterocycles. The molecule has 19 heavy (non-hydrogen) atoms. The van der Waals surface area contributed by atoms with E-state index in [2.05, 4.69) is 10.3 Å². The molecule has 0 fully saturated rings. The van der Waals surface area contributed by atoms with Gasteiger partial charge in [-0.15, -0.1) is 0 Å². The van der Waals surface area contributed by atoms with Crippen LogP contribution >= 0.6 is 0 Å². The van der Waals surface area contributed by atoms with Gasteiger partial charge in [0, 0.05) is 44.0 Å². The number of aromatic nitrogens is 2. The number of imidazole rings is 1. The van der Waals surface area contributed by atoms with Crippen LogP contribution in [0.5, 0.6) is 5.75 Å². The van der Waals surface area contributed by atoms with Crippen molar-refractivity contribution in [2.45, 2.75) is 19.4 Å².